The van der Waals surface area contributed by atoms with Gasteiger partial charge in [0.2, 0.25) is 17.6 Å². The number of benzene rings is 3. The average Bonchev–Trinajstić information content (AvgIpc) is 3.06. The third-order valence-electron chi connectivity index (χ3n) is 7.59. The van der Waals surface area contributed by atoms with Gasteiger partial charge in [0.1, 0.15) is 29.5 Å². The summed E-state index contributed by atoms with van der Waals surface area (Å²) in [6.07, 6.45) is -1.25. The number of esters is 1. The van der Waals surface area contributed by atoms with Gasteiger partial charge < -0.3 is 39.6 Å². The maximum Gasteiger partial charge on any atom is 0.408 e. The van der Waals surface area contributed by atoms with E-state index in [4.69, 9.17) is 23.7 Å². The molecule has 3 amide bonds. The molecule has 0 aromatic heterocycles. The normalized spacial score (nSPS) is 18.0. The zero-order valence-corrected chi connectivity index (χ0v) is 28.6. The van der Waals surface area contributed by atoms with Crippen molar-refractivity contribution in [2.75, 3.05) is 21.3 Å². The van der Waals surface area contributed by atoms with E-state index in [-0.39, 0.29) is 36.5 Å². The predicted octanol–water partition coefficient (Wildman–Crippen LogP) is 3.78. The van der Waals surface area contributed by atoms with E-state index in [1.165, 1.54) is 45.6 Å². The molecule has 0 unspecified atom stereocenters. The van der Waals surface area contributed by atoms with Crippen LogP contribution in [0.4, 0.5) is 10.5 Å². The molecule has 0 saturated heterocycles. The summed E-state index contributed by atoms with van der Waals surface area (Å²) in [6.45, 7) is 4.94. The van der Waals surface area contributed by atoms with Crippen LogP contribution in [0, 0.1) is 10.1 Å². The lowest BCUT2D eigenvalue weighted by Crippen LogP contribution is -2.57. The molecular formula is C35H40N4O11. The number of amides is 3. The van der Waals surface area contributed by atoms with Crippen LogP contribution in [0.15, 0.2) is 60.7 Å². The molecule has 4 bridgehead atoms. The highest BCUT2D eigenvalue weighted by atomic mass is 16.6. The van der Waals surface area contributed by atoms with Gasteiger partial charge in [0, 0.05) is 25.3 Å². The molecule has 2 heterocycles. The Balaban J connectivity index is 1.84. The maximum atomic E-state index is 14.0. The molecule has 0 spiro atoms. The lowest BCUT2D eigenvalue weighted by atomic mass is 10.0. The summed E-state index contributed by atoms with van der Waals surface area (Å²) < 4.78 is 27.0. The van der Waals surface area contributed by atoms with Crippen molar-refractivity contribution in [1.29, 1.82) is 0 Å². The molecule has 5 rings (SSSR count). The number of nitrogens with one attached hydrogen (secondary N) is 3. The van der Waals surface area contributed by atoms with E-state index in [9.17, 15) is 29.3 Å². The van der Waals surface area contributed by atoms with Gasteiger partial charge in [-0.1, -0.05) is 24.3 Å². The van der Waals surface area contributed by atoms with Crippen LogP contribution in [-0.4, -0.2) is 73.9 Å². The van der Waals surface area contributed by atoms with Crippen LogP contribution in [0.3, 0.4) is 0 Å². The molecule has 15 nitrogen and oxygen atoms in total. The van der Waals surface area contributed by atoms with E-state index in [0.717, 1.165) is 0 Å². The predicted molar refractivity (Wildman–Crippen MR) is 179 cm³/mol. The van der Waals surface area contributed by atoms with Gasteiger partial charge in [-0.15, -0.1) is 0 Å². The summed E-state index contributed by atoms with van der Waals surface area (Å²) in [6, 6.07) is 11.8. The molecule has 0 saturated carbocycles. The Hall–Kier alpha value is -5.86. The fourth-order valence-corrected chi connectivity index (χ4v) is 5.18. The molecule has 3 aromatic rings. The molecule has 0 fully saturated rings. The van der Waals surface area contributed by atoms with Crippen LogP contribution in [-0.2, 0) is 43.1 Å². The number of methoxy groups -OCH3 is 3. The van der Waals surface area contributed by atoms with Crippen molar-refractivity contribution in [3.05, 3.63) is 87.5 Å². The minimum absolute atomic E-state index is 0.0185. The number of carbonyl (C=O) groups is 4. The summed E-state index contributed by atoms with van der Waals surface area (Å²) in [7, 11) is 4.08. The minimum Gasteiger partial charge on any atom is -0.497 e. The number of fused-ring (bicyclic) bond motifs is 10. The van der Waals surface area contributed by atoms with Gasteiger partial charge in [-0.2, -0.15) is 0 Å². The monoisotopic (exact) mass is 692 g/mol. The van der Waals surface area contributed by atoms with Crippen LogP contribution >= 0.6 is 0 Å². The Kier molecular flexibility index (Phi) is 11.8. The first kappa shape index (κ1) is 37.0. The molecule has 0 radical (unpaired) electrons. The zero-order valence-electron chi connectivity index (χ0n) is 28.6. The number of carbonyl (C=O) groups excluding carboxylic acids is 4. The smallest absolute Gasteiger partial charge is 0.408 e. The Bertz CT molecular complexity index is 1740. The van der Waals surface area contributed by atoms with Crippen LogP contribution in [0.2, 0.25) is 0 Å². The summed E-state index contributed by atoms with van der Waals surface area (Å²) in [5, 5.41) is 20.1. The molecule has 50 heavy (non-hydrogen) atoms. The number of nitro benzene ring substituents is 1. The van der Waals surface area contributed by atoms with Gasteiger partial charge in [0.15, 0.2) is 11.5 Å². The molecule has 3 atom stereocenters. The average molecular weight is 693 g/mol. The van der Waals surface area contributed by atoms with Crippen molar-refractivity contribution in [3.8, 4) is 23.0 Å². The summed E-state index contributed by atoms with van der Waals surface area (Å²) >= 11 is 0. The molecule has 3 N–H and O–H groups in total. The molecular weight excluding hydrogens is 652 g/mol. The van der Waals surface area contributed by atoms with Crippen LogP contribution in [0.25, 0.3) is 0 Å². The standard InChI is InChI=1S/C35H40N4O11/c1-35(2,3)50-34(43)38-25-16-21-9-13-28(27(18-21)39(44)45)49-30-19-22(10-14-29(30)47-5)17-26(33(42)48-6)37-31(40)24(36-32(25)41)15-20-7-11-23(46-4)12-8-20/h7-14,18-19,24-26H,15-17H2,1-6H3,(H,36,41)(H,37,40)(H,38,43)/t24-,25-,26-/m0/s1. The largest absolute Gasteiger partial charge is 0.497 e. The third-order valence-corrected chi connectivity index (χ3v) is 7.59. The van der Waals surface area contributed by atoms with Crippen LogP contribution in [0.5, 0.6) is 23.0 Å². The number of nitro groups is 1. The number of hydrogen-bond donors (Lipinski definition) is 3. The summed E-state index contributed by atoms with van der Waals surface area (Å²) in [5.74, 6) is -1.46. The Labute approximate surface area is 288 Å². The highest BCUT2D eigenvalue weighted by Crippen LogP contribution is 2.38. The first-order valence-corrected chi connectivity index (χ1v) is 15.6. The molecule has 266 valence electrons. The maximum absolute atomic E-state index is 14.0. The molecule has 2 aliphatic rings. The lowest BCUT2D eigenvalue weighted by Gasteiger charge is -2.26. The highest BCUT2D eigenvalue weighted by molar-refractivity contribution is 5.93. The van der Waals surface area contributed by atoms with Crippen LogP contribution in [0.1, 0.15) is 37.5 Å². The second-order valence-corrected chi connectivity index (χ2v) is 12.5. The molecule has 0 aliphatic carbocycles. The molecule has 2 aliphatic heterocycles. The van der Waals surface area contributed by atoms with E-state index < -0.39 is 58.2 Å². The van der Waals surface area contributed by atoms with Crippen molar-refractivity contribution < 1.29 is 47.8 Å². The fourth-order valence-electron chi connectivity index (χ4n) is 5.18. The molecule has 3 aromatic carbocycles. The Morgan fingerprint density at radius 3 is 2.20 bits per heavy atom. The lowest BCUT2D eigenvalue weighted by molar-refractivity contribution is -0.385. The Morgan fingerprint density at radius 2 is 1.58 bits per heavy atom. The zero-order chi connectivity index (χ0) is 36.6. The second kappa shape index (κ2) is 16.0. The van der Waals surface area contributed by atoms with E-state index in [2.05, 4.69) is 16.0 Å². The first-order valence-electron chi connectivity index (χ1n) is 15.6. The molecule has 15 heteroatoms. The number of ether oxygens (including phenoxy) is 5. The van der Waals surface area contributed by atoms with Crippen molar-refractivity contribution in [2.24, 2.45) is 0 Å². The number of rotatable bonds is 7. The van der Waals surface area contributed by atoms with E-state index in [0.29, 0.717) is 22.4 Å². The summed E-state index contributed by atoms with van der Waals surface area (Å²) in [5.41, 5.74) is 0.112. The van der Waals surface area contributed by atoms with E-state index in [1.54, 1.807) is 57.2 Å². The van der Waals surface area contributed by atoms with E-state index >= 15 is 0 Å². The van der Waals surface area contributed by atoms with Crippen molar-refractivity contribution in [1.82, 2.24) is 16.0 Å². The quantitative estimate of drug-likeness (QED) is 0.185. The van der Waals surface area contributed by atoms with Gasteiger partial charge in [0.25, 0.3) is 0 Å². The Morgan fingerprint density at radius 1 is 0.900 bits per heavy atom. The topological polar surface area (TPSA) is 194 Å². The second-order valence-electron chi connectivity index (χ2n) is 12.5. The van der Waals surface area contributed by atoms with Crippen molar-refractivity contribution >= 4 is 29.6 Å². The third kappa shape index (κ3) is 9.84. The van der Waals surface area contributed by atoms with Gasteiger partial charge in [-0.25, -0.2) is 9.59 Å². The van der Waals surface area contributed by atoms with Crippen molar-refractivity contribution in [2.45, 2.75) is 63.8 Å². The van der Waals surface area contributed by atoms with Gasteiger partial charge in [-0.3, -0.25) is 19.7 Å². The van der Waals surface area contributed by atoms with Gasteiger partial charge in [-0.05, 0) is 67.8 Å². The number of hydrogen-bond acceptors (Lipinski definition) is 11. The van der Waals surface area contributed by atoms with Gasteiger partial charge in [0.05, 0.1) is 26.3 Å². The number of nitrogens with zero attached hydrogens (tertiary/aromatic N) is 1. The number of alkyl carbamates (subject to hydrolysis) is 1. The summed E-state index contributed by atoms with van der Waals surface area (Å²) in [4.78, 5) is 65.3. The van der Waals surface area contributed by atoms with Gasteiger partial charge >= 0.3 is 17.7 Å². The SMILES string of the molecule is COC(=O)[C@@H]1Cc2ccc(OC)c(c2)Oc2ccc(cc2[N+](=O)[O-])C[C@H](NC(=O)OC(C)(C)C)C(=O)N[C@@H](Cc2ccc(OC)cc2)C(=O)N1. The van der Waals surface area contributed by atoms with Crippen LogP contribution < -0.4 is 30.2 Å². The highest BCUT2D eigenvalue weighted by Gasteiger charge is 2.32. The first-order chi connectivity index (χ1) is 23.7. The van der Waals surface area contributed by atoms with E-state index in [1.807, 2.05) is 0 Å². The van der Waals surface area contributed by atoms with Crippen molar-refractivity contribution in [3.63, 3.8) is 0 Å². The minimum atomic E-state index is -1.36. The fraction of sp³-hybridized carbons (Fsp3) is 0.371.